The van der Waals surface area contributed by atoms with Crippen LogP contribution in [0.15, 0.2) is 0 Å². The number of aliphatic carboxylic acids is 1. The zero-order valence-electron chi connectivity index (χ0n) is 10.1. The Morgan fingerprint density at radius 1 is 1.35 bits per heavy atom. The molecule has 0 aliphatic carbocycles. The monoisotopic (exact) mass is 240 g/mol. The van der Waals surface area contributed by atoms with Crippen molar-refractivity contribution < 1.29 is 14.7 Å². The van der Waals surface area contributed by atoms with Crippen molar-refractivity contribution in [3.05, 3.63) is 0 Å². The summed E-state index contributed by atoms with van der Waals surface area (Å²) in [4.78, 5) is 22.3. The van der Waals surface area contributed by atoms with Crippen LogP contribution in [0.25, 0.3) is 0 Å². The van der Waals surface area contributed by atoms with Gasteiger partial charge >= 0.3 is 5.97 Å². The van der Waals surface area contributed by atoms with E-state index in [1.54, 1.807) is 0 Å². The molecule has 2 aliphatic rings. The van der Waals surface area contributed by atoms with Crippen LogP contribution in [0, 0.1) is 5.92 Å². The average molecular weight is 240 g/mol. The van der Waals surface area contributed by atoms with E-state index < -0.39 is 12.0 Å². The van der Waals surface area contributed by atoms with Gasteiger partial charge < -0.3 is 15.7 Å². The van der Waals surface area contributed by atoms with E-state index in [4.69, 9.17) is 5.11 Å². The minimum atomic E-state index is -0.983. The van der Waals surface area contributed by atoms with E-state index in [9.17, 15) is 9.59 Å². The third-order valence-corrected chi connectivity index (χ3v) is 3.79. The summed E-state index contributed by atoms with van der Waals surface area (Å²) in [6.45, 7) is 1.49. The van der Waals surface area contributed by atoms with Gasteiger partial charge in [0, 0.05) is 18.5 Å². The molecule has 17 heavy (non-hydrogen) atoms. The molecule has 5 heteroatoms. The Morgan fingerprint density at radius 2 is 1.94 bits per heavy atom. The number of amides is 1. The average Bonchev–Trinajstić information content (AvgIpc) is 2.57. The number of nitrogens with one attached hydrogen (secondary N) is 2. The first-order chi connectivity index (χ1) is 8.04. The SMILES string of the molecule is C[C@H](NC(=O)CC1CC2CCC(C1)N2)C(=O)O. The smallest absolute Gasteiger partial charge is 0.325 e. The molecule has 0 spiro atoms. The van der Waals surface area contributed by atoms with Crippen LogP contribution >= 0.6 is 0 Å². The number of carbonyl (C=O) groups excluding carboxylic acids is 1. The van der Waals surface area contributed by atoms with E-state index in [-0.39, 0.29) is 5.91 Å². The van der Waals surface area contributed by atoms with Crippen molar-refractivity contribution >= 4 is 11.9 Å². The first-order valence-corrected chi connectivity index (χ1v) is 6.33. The number of carboxylic acid groups (broad SMARTS) is 1. The van der Waals surface area contributed by atoms with Crippen LogP contribution in [0.4, 0.5) is 0 Å². The molecule has 2 unspecified atom stereocenters. The van der Waals surface area contributed by atoms with Crippen LogP contribution in [-0.4, -0.2) is 35.1 Å². The van der Waals surface area contributed by atoms with Crippen LogP contribution in [0.2, 0.25) is 0 Å². The Morgan fingerprint density at radius 3 is 2.47 bits per heavy atom. The molecule has 2 heterocycles. The lowest BCUT2D eigenvalue weighted by atomic mass is 9.89. The molecule has 0 radical (unpaired) electrons. The third kappa shape index (κ3) is 3.19. The molecule has 96 valence electrons. The lowest BCUT2D eigenvalue weighted by Gasteiger charge is -2.28. The minimum Gasteiger partial charge on any atom is -0.480 e. The molecule has 5 nitrogen and oxygen atoms in total. The standard InChI is InChI=1S/C12H20N2O3/c1-7(12(16)17)13-11(15)6-8-4-9-2-3-10(5-8)14-9/h7-10,14H,2-6H2,1H3,(H,13,15)(H,16,17)/t7-,8?,9?,10?/m0/s1. The number of hydrogen-bond donors (Lipinski definition) is 3. The topological polar surface area (TPSA) is 78.4 Å². The van der Waals surface area contributed by atoms with Gasteiger partial charge in [0.25, 0.3) is 0 Å². The van der Waals surface area contributed by atoms with Crippen molar-refractivity contribution in [2.45, 2.75) is 57.2 Å². The maximum atomic E-state index is 11.7. The highest BCUT2D eigenvalue weighted by Crippen LogP contribution is 2.32. The lowest BCUT2D eigenvalue weighted by molar-refractivity contribution is -0.141. The van der Waals surface area contributed by atoms with Gasteiger partial charge in [-0.2, -0.15) is 0 Å². The van der Waals surface area contributed by atoms with Crippen molar-refractivity contribution in [3.8, 4) is 0 Å². The first kappa shape index (κ1) is 12.4. The molecule has 0 aromatic rings. The fraction of sp³-hybridized carbons (Fsp3) is 0.833. The Balaban J connectivity index is 1.77. The normalized spacial score (nSPS) is 33.1. The third-order valence-electron chi connectivity index (χ3n) is 3.79. The number of hydrogen-bond acceptors (Lipinski definition) is 3. The van der Waals surface area contributed by atoms with Gasteiger partial charge in [0.2, 0.25) is 5.91 Å². The highest BCUT2D eigenvalue weighted by Gasteiger charge is 2.34. The molecule has 0 aromatic carbocycles. The van der Waals surface area contributed by atoms with E-state index in [0.29, 0.717) is 24.4 Å². The molecule has 2 aliphatic heterocycles. The summed E-state index contributed by atoms with van der Waals surface area (Å²) in [5.74, 6) is -0.704. The molecule has 3 atom stereocenters. The molecule has 2 fully saturated rings. The Kier molecular flexibility index (Phi) is 3.66. The maximum absolute atomic E-state index is 11.7. The van der Waals surface area contributed by atoms with Crippen LogP contribution in [0.5, 0.6) is 0 Å². The summed E-state index contributed by atoms with van der Waals surface area (Å²) in [6, 6.07) is 0.354. The maximum Gasteiger partial charge on any atom is 0.325 e. The molecular formula is C12H20N2O3. The molecule has 2 saturated heterocycles. The van der Waals surface area contributed by atoms with E-state index >= 15 is 0 Å². The quantitative estimate of drug-likeness (QED) is 0.668. The van der Waals surface area contributed by atoms with Gasteiger partial charge in [-0.25, -0.2) is 0 Å². The number of piperidine rings is 1. The van der Waals surface area contributed by atoms with Gasteiger partial charge in [0.1, 0.15) is 6.04 Å². The fourth-order valence-electron chi connectivity index (χ4n) is 2.97. The van der Waals surface area contributed by atoms with Crippen LogP contribution in [0.3, 0.4) is 0 Å². The summed E-state index contributed by atoms with van der Waals surface area (Å²) in [5, 5.41) is 14.8. The zero-order chi connectivity index (χ0) is 12.4. The first-order valence-electron chi connectivity index (χ1n) is 6.33. The van der Waals surface area contributed by atoms with E-state index in [1.807, 2.05) is 0 Å². The predicted octanol–water partition coefficient (Wildman–Crippen LogP) is 0.496. The molecule has 0 saturated carbocycles. The van der Waals surface area contributed by atoms with Crippen LogP contribution in [0.1, 0.15) is 39.0 Å². The summed E-state index contributed by atoms with van der Waals surface area (Å²) in [5.41, 5.74) is 0. The second-order valence-corrected chi connectivity index (χ2v) is 5.31. The van der Waals surface area contributed by atoms with Crippen LogP contribution in [-0.2, 0) is 9.59 Å². The van der Waals surface area contributed by atoms with Crippen molar-refractivity contribution in [1.29, 1.82) is 0 Å². The van der Waals surface area contributed by atoms with Gasteiger partial charge in [-0.15, -0.1) is 0 Å². The highest BCUT2D eigenvalue weighted by molar-refractivity contribution is 5.83. The van der Waals surface area contributed by atoms with Crippen molar-refractivity contribution in [2.24, 2.45) is 5.92 Å². The second-order valence-electron chi connectivity index (χ2n) is 5.31. The second kappa shape index (κ2) is 5.04. The van der Waals surface area contributed by atoms with Crippen molar-refractivity contribution in [2.75, 3.05) is 0 Å². The summed E-state index contributed by atoms with van der Waals surface area (Å²) < 4.78 is 0. The van der Waals surface area contributed by atoms with Gasteiger partial charge in [-0.1, -0.05) is 0 Å². The van der Waals surface area contributed by atoms with Crippen molar-refractivity contribution in [3.63, 3.8) is 0 Å². The lowest BCUT2D eigenvalue weighted by Crippen LogP contribution is -2.42. The molecule has 0 aromatic heterocycles. The molecule has 1 amide bonds. The number of carboxylic acids is 1. The fourth-order valence-corrected chi connectivity index (χ4v) is 2.97. The van der Waals surface area contributed by atoms with Gasteiger partial charge in [-0.05, 0) is 38.5 Å². The molecule has 3 N–H and O–H groups in total. The molecule has 2 bridgehead atoms. The Hall–Kier alpha value is -1.10. The largest absolute Gasteiger partial charge is 0.480 e. The van der Waals surface area contributed by atoms with Gasteiger partial charge in [-0.3, -0.25) is 9.59 Å². The van der Waals surface area contributed by atoms with Crippen LogP contribution < -0.4 is 10.6 Å². The van der Waals surface area contributed by atoms with E-state index in [0.717, 1.165) is 12.8 Å². The Bertz CT molecular complexity index is 307. The Labute approximate surface area is 101 Å². The van der Waals surface area contributed by atoms with E-state index in [2.05, 4.69) is 10.6 Å². The number of fused-ring (bicyclic) bond motifs is 2. The number of carbonyl (C=O) groups is 2. The van der Waals surface area contributed by atoms with Gasteiger partial charge in [0.05, 0.1) is 0 Å². The molecular weight excluding hydrogens is 220 g/mol. The summed E-state index contributed by atoms with van der Waals surface area (Å²) >= 11 is 0. The number of rotatable bonds is 4. The van der Waals surface area contributed by atoms with Gasteiger partial charge in [0.15, 0.2) is 0 Å². The minimum absolute atomic E-state index is 0.133. The van der Waals surface area contributed by atoms with E-state index in [1.165, 1.54) is 19.8 Å². The summed E-state index contributed by atoms with van der Waals surface area (Å²) in [6.07, 6.45) is 4.99. The molecule has 2 rings (SSSR count). The van der Waals surface area contributed by atoms with Crippen molar-refractivity contribution in [1.82, 2.24) is 10.6 Å². The highest BCUT2D eigenvalue weighted by atomic mass is 16.4. The zero-order valence-corrected chi connectivity index (χ0v) is 10.1. The predicted molar refractivity (Wildman–Crippen MR) is 62.5 cm³/mol. The summed E-state index contributed by atoms with van der Waals surface area (Å²) in [7, 11) is 0.